The van der Waals surface area contributed by atoms with E-state index in [9.17, 15) is 13.6 Å². The SMILES string of the molecule is CCNC(=O)C(C)(C)CN=C(NCC)NC(C)c1ccc(F)cc1F.I. The summed E-state index contributed by atoms with van der Waals surface area (Å²) in [5.41, 5.74) is -0.321. The second-order valence-corrected chi connectivity index (χ2v) is 6.47. The lowest BCUT2D eigenvalue weighted by Crippen LogP contribution is -2.42. The molecule has 0 aliphatic heterocycles. The maximum atomic E-state index is 13.9. The zero-order chi connectivity index (χ0) is 19.0. The van der Waals surface area contributed by atoms with E-state index in [0.717, 1.165) is 6.07 Å². The minimum atomic E-state index is -0.664. The Hall–Kier alpha value is -1.45. The molecule has 1 rings (SSSR count). The van der Waals surface area contributed by atoms with Crippen LogP contribution in [0, 0.1) is 17.0 Å². The molecule has 0 radical (unpaired) electrons. The molecule has 1 atom stereocenters. The van der Waals surface area contributed by atoms with Gasteiger partial charge < -0.3 is 16.0 Å². The zero-order valence-electron chi connectivity index (χ0n) is 16.0. The van der Waals surface area contributed by atoms with E-state index in [1.807, 2.05) is 27.7 Å². The molecular formula is C18H29F2IN4O. The summed E-state index contributed by atoms with van der Waals surface area (Å²) in [6.07, 6.45) is 0. The van der Waals surface area contributed by atoms with Crippen LogP contribution in [-0.4, -0.2) is 31.5 Å². The number of aliphatic imine (C=N–C) groups is 1. The van der Waals surface area contributed by atoms with Gasteiger partial charge in [0.05, 0.1) is 18.0 Å². The normalized spacial score (nSPS) is 12.8. The van der Waals surface area contributed by atoms with Crippen molar-refractivity contribution in [3.63, 3.8) is 0 Å². The second kappa shape index (κ2) is 11.3. The van der Waals surface area contributed by atoms with Crippen molar-refractivity contribution in [2.24, 2.45) is 10.4 Å². The fraction of sp³-hybridized carbons (Fsp3) is 0.556. The van der Waals surface area contributed by atoms with Crippen LogP contribution < -0.4 is 16.0 Å². The monoisotopic (exact) mass is 482 g/mol. The Balaban J connectivity index is 0.00000625. The van der Waals surface area contributed by atoms with Crippen LogP contribution in [0.4, 0.5) is 8.78 Å². The van der Waals surface area contributed by atoms with Crippen molar-refractivity contribution in [1.29, 1.82) is 0 Å². The Morgan fingerprint density at radius 2 is 1.81 bits per heavy atom. The van der Waals surface area contributed by atoms with Crippen LogP contribution in [-0.2, 0) is 4.79 Å². The summed E-state index contributed by atoms with van der Waals surface area (Å²) < 4.78 is 27.0. The van der Waals surface area contributed by atoms with Gasteiger partial charge in [0.2, 0.25) is 5.91 Å². The van der Waals surface area contributed by atoms with E-state index in [0.29, 0.717) is 24.6 Å². The molecule has 0 heterocycles. The lowest BCUT2D eigenvalue weighted by molar-refractivity contribution is -0.128. The van der Waals surface area contributed by atoms with Crippen molar-refractivity contribution in [3.8, 4) is 0 Å². The van der Waals surface area contributed by atoms with Gasteiger partial charge in [0, 0.05) is 24.7 Å². The highest BCUT2D eigenvalue weighted by Gasteiger charge is 2.27. The highest BCUT2D eigenvalue weighted by atomic mass is 127. The maximum Gasteiger partial charge on any atom is 0.227 e. The van der Waals surface area contributed by atoms with E-state index in [1.165, 1.54) is 12.1 Å². The van der Waals surface area contributed by atoms with Gasteiger partial charge in [0.25, 0.3) is 0 Å². The highest BCUT2D eigenvalue weighted by Crippen LogP contribution is 2.18. The number of nitrogens with zero attached hydrogens (tertiary/aromatic N) is 1. The Morgan fingerprint density at radius 1 is 1.19 bits per heavy atom. The van der Waals surface area contributed by atoms with Gasteiger partial charge in [-0.15, -0.1) is 24.0 Å². The number of halogens is 3. The molecule has 0 saturated heterocycles. The molecular weight excluding hydrogens is 453 g/mol. The number of benzene rings is 1. The minimum Gasteiger partial charge on any atom is -0.357 e. The van der Waals surface area contributed by atoms with Crippen molar-refractivity contribution in [2.45, 2.75) is 40.7 Å². The molecule has 0 spiro atoms. The molecule has 0 saturated carbocycles. The van der Waals surface area contributed by atoms with E-state index >= 15 is 0 Å². The van der Waals surface area contributed by atoms with Crippen molar-refractivity contribution < 1.29 is 13.6 Å². The largest absolute Gasteiger partial charge is 0.357 e. The molecule has 26 heavy (non-hydrogen) atoms. The molecule has 5 nitrogen and oxygen atoms in total. The van der Waals surface area contributed by atoms with Crippen LogP contribution in [0.15, 0.2) is 23.2 Å². The Morgan fingerprint density at radius 3 is 2.35 bits per heavy atom. The highest BCUT2D eigenvalue weighted by molar-refractivity contribution is 14.0. The third-order valence-corrected chi connectivity index (χ3v) is 3.71. The number of rotatable bonds is 7. The summed E-state index contributed by atoms with van der Waals surface area (Å²) in [6.45, 7) is 10.6. The Labute approximate surface area is 171 Å². The van der Waals surface area contributed by atoms with Gasteiger partial charge in [-0.25, -0.2) is 8.78 Å². The van der Waals surface area contributed by atoms with Gasteiger partial charge in [-0.3, -0.25) is 9.79 Å². The van der Waals surface area contributed by atoms with E-state index in [-0.39, 0.29) is 36.4 Å². The Bertz CT molecular complexity index is 623. The molecule has 1 amide bonds. The van der Waals surface area contributed by atoms with Crippen molar-refractivity contribution in [3.05, 3.63) is 35.4 Å². The Kier molecular flexibility index (Phi) is 10.7. The summed E-state index contributed by atoms with van der Waals surface area (Å²) in [6, 6.07) is 3.07. The minimum absolute atomic E-state index is 0. The first kappa shape index (κ1) is 24.6. The van der Waals surface area contributed by atoms with Crippen LogP contribution in [0.1, 0.15) is 46.2 Å². The number of guanidine groups is 1. The predicted molar refractivity (Wildman–Crippen MR) is 112 cm³/mol. The summed E-state index contributed by atoms with van der Waals surface area (Å²) in [7, 11) is 0. The van der Waals surface area contributed by atoms with Crippen LogP contribution in [0.5, 0.6) is 0 Å². The molecule has 0 fully saturated rings. The second-order valence-electron chi connectivity index (χ2n) is 6.47. The van der Waals surface area contributed by atoms with Gasteiger partial charge in [-0.1, -0.05) is 6.07 Å². The van der Waals surface area contributed by atoms with Gasteiger partial charge in [0.15, 0.2) is 5.96 Å². The fourth-order valence-electron chi connectivity index (χ4n) is 2.20. The smallest absolute Gasteiger partial charge is 0.227 e. The average Bonchev–Trinajstić information content (AvgIpc) is 2.53. The van der Waals surface area contributed by atoms with Gasteiger partial charge in [-0.05, 0) is 40.7 Å². The predicted octanol–water partition coefficient (Wildman–Crippen LogP) is 3.36. The summed E-state index contributed by atoms with van der Waals surface area (Å²) in [5.74, 6) is -0.834. The molecule has 1 aromatic carbocycles. The quantitative estimate of drug-likeness (QED) is 0.317. The van der Waals surface area contributed by atoms with Gasteiger partial charge in [-0.2, -0.15) is 0 Å². The number of hydrogen-bond acceptors (Lipinski definition) is 2. The van der Waals surface area contributed by atoms with E-state index in [4.69, 9.17) is 0 Å². The van der Waals surface area contributed by atoms with Crippen LogP contribution in [0.2, 0.25) is 0 Å². The first-order valence-corrected chi connectivity index (χ1v) is 8.49. The number of amides is 1. The summed E-state index contributed by atoms with van der Waals surface area (Å²) in [4.78, 5) is 16.5. The average molecular weight is 482 g/mol. The van der Waals surface area contributed by atoms with E-state index < -0.39 is 23.1 Å². The van der Waals surface area contributed by atoms with Crippen molar-refractivity contribution in [2.75, 3.05) is 19.6 Å². The van der Waals surface area contributed by atoms with E-state index in [2.05, 4.69) is 20.9 Å². The molecule has 0 aliphatic rings. The number of carbonyl (C=O) groups is 1. The van der Waals surface area contributed by atoms with Gasteiger partial charge >= 0.3 is 0 Å². The van der Waals surface area contributed by atoms with Crippen molar-refractivity contribution >= 4 is 35.8 Å². The third kappa shape index (κ3) is 7.43. The van der Waals surface area contributed by atoms with Crippen molar-refractivity contribution in [1.82, 2.24) is 16.0 Å². The first-order chi connectivity index (χ1) is 11.7. The molecule has 3 N–H and O–H groups in total. The standard InChI is InChI=1S/C18H28F2N4O.HI/c1-6-21-16(25)18(4,5)11-23-17(22-7-2)24-12(3)14-9-8-13(19)10-15(14)20;/h8-10,12H,6-7,11H2,1-5H3,(H,21,25)(H2,22,23,24);1H. The molecule has 0 aliphatic carbocycles. The van der Waals surface area contributed by atoms with Gasteiger partial charge in [0.1, 0.15) is 11.6 Å². The lowest BCUT2D eigenvalue weighted by Gasteiger charge is -2.23. The topological polar surface area (TPSA) is 65.5 Å². The molecule has 0 aromatic heterocycles. The fourth-order valence-corrected chi connectivity index (χ4v) is 2.20. The number of hydrogen-bond donors (Lipinski definition) is 3. The molecule has 148 valence electrons. The summed E-state index contributed by atoms with van der Waals surface area (Å²) >= 11 is 0. The molecule has 8 heteroatoms. The first-order valence-electron chi connectivity index (χ1n) is 8.49. The zero-order valence-corrected chi connectivity index (χ0v) is 18.3. The maximum absolute atomic E-state index is 13.9. The molecule has 1 unspecified atom stereocenters. The molecule has 1 aromatic rings. The van der Waals surface area contributed by atoms with Crippen LogP contribution in [0.3, 0.4) is 0 Å². The van der Waals surface area contributed by atoms with Crippen LogP contribution >= 0.6 is 24.0 Å². The van der Waals surface area contributed by atoms with Crippen LogP contribution in [0.25, 0.3) is 0 Å². The number of carbonyl (C=O) groups excluding carboxylic acids is 1. The number of nitrogens with one attached hydrogen (secondary N) is 3. The van der Waals surface area contributed by atoms with E-state index in [1.54, 1.807) is 6.92 Å². The molecule has 0 bridgehead atoms. The summed E-state index contributed by atoms with van der Waals surface area (Å²) in [5, 5.41) is 8.94. The third-order valence-electron chi connectivity index (χ3n) is 3.71. The lowest BCUT2D eigenvalue weighted by atomic mass is 9.92.